The van der Waals surface area contributed by atoms with E-state index in [0.29, 0.717) is 33.2 Å². The first kappa shape index (κ1) is 24.2. The van der Waals surface area contributed by atoms with Gasteiger partial charge in [-0.25, -0.2) is 9.48 Å². The zero-order chi connectivity index (χ0) is 25.4. The number of aromatic nitrogens is 4. The molecule has 1 N–H and O–H groups in total. The molecule has 0 aliphatic carbocycles. The molecule has 182 valence electrons. The summed E-state index contributed by atoms with van der Waals surface area (Å²) in [5, 5.41) is 3.51. The normalized spacial score (nSPS) is 11.0. The van der Waals surface area contributed by atoms with Crippen LogP contribution in [0, 0.1) is 27.7 Å². The zero-order valence-corrected chi connectivity index (χ0v) is 21.3. The third-order valence-corrected chi connectivity index (χ3v) is 7.06. The minimum absolute atomic E-state index is 0.191. The molecule has 0 radical (unpaired) electrons. The van der Waals surface area contributed by atoms with Crippen molar-refractivity contribution in [2.45, 2.75) is 27.7 Å². The molecule has 0 fully saturated rings. The van der Waals surface area contributed by atoms with Gasteiger partial charge in [-0.15, -0.1) is 0 Å². The number of esters is 1. The number of carbonyl (C=O) groups excluding carboxylic acids is 2. The van der Waals surface area contributed by atoms with Gasteiger partial charge in [0, 0.05) is 31.0 Å². The lowest BCUT2D eigenvalue weighted by Gasteiger charge is -2.09. The second-order valence-electron chi connectivity index (χ2n) is 8.25. The number of carbonyl (C=O) groups is 2. The number of aryl methyl sites for hydroxylation is 2. The predicted molar refractivity (Wildman–Crippen MR) is 136 cm³/mol. The Hall–Kier alpha value is -3.92. The van der Waals surface area contributed by atoms with Gasteiger partial charge in [0.15, 0.2) is 6.61 Å². The van der Waals surface area contributed by atoms with Gasteiger partial charge in [-0.1, -0.05) is 18.2 Å². The highest BCUT2D eigenvalue weighted by Crippen LogP contribution is 2.26. The molecule has 10 heteroatoms. The van der Waals surface area contributed by atoms with Crippen LogP contribution in [0.25, 0.3) is 11.4 Å². The fraction of sp³-hybridized carbons (Fsp3) is 0.280. The molecule has 3 aromatic heterocycles. The Balaban J connectivity index is 1.65. The van der Waals surface area contributed by atoms with Crippen molar-refractivity contribution < 1.29 is 14.3 Å². The van der Waals surface area contributed by atoms with Crippen LogP contribution in [-0.4, -0.2) is 43.7 Å². The minimum Gasteiger partial charge on any atom is -0.454 e. The number of benzene rings is 1. The van der Waals surface area contributed by atoms with E-state index in [1.165, 1.54) is 0 Å². The molecular formula is C25H27N5O4S. The molecule has 0 atom stereocenters. The van der Waals surface area contributed by atoms with Crippen molar-refractivity contribution in [3.8, 4) is 11.4 Å². The van der Waals surface area contributed by atoms with Crippen molar-refractivity contribution in [2.75, 3.05) is 19.0 Å². The van der Waals surface area contributed by atoms with E-state index in [-0.39, 0.29) is 11.3 Å². The highest BCUT2D eigenvalue weighted by molar-refractivity contribution is 7.10. The first-order valence-electron chi connectivity index (χ1n) is 11.0. The molecule has 0 saturated carbocycles. The molecule has 35 heavy (non-hydrogen) atoms. The summed E-state index contributed by atoms with van der Waals surface area (Å²) in [5.41, 5.74) is 4.41. The maximum absolute atomic E-state index is 13.5. The fourth-order valence-electron chi connectivity index (χ4n) is 4.26. The molecule has 0 aliphatic heterocycles. The standard InChI is InChI=1S/C25H27N5O4S/c1-14-12-19(20(31)13-34-25(33)21-15(2)27-35-23(21)26-5)16(3)29(14)22-17(4)28(6)30(24(22)32)18-10-8-7-9-11-18/h7-12,26H,13H2,1-6H3. The monoisotopic (exact) mass is 493 g/mol. The van der Waals surface area contributed by atoms with Crippen LogP contribution in [-0.2, 0) is 11.8 Å². The van der Waals surface area contributed by atoms with Crippen LogP contribution in [0.5, 0.6) is 0 Å². The van der Waals surface area contributed by atoms with E-state index in [1.807, 2.05) is 51.2 Å². The van der Waals surface area contributed by atoms with Gasteiger partial charge < -0.3 is 14.6 Å². The second kappa shape index (κ2) is 9.38. The summed E-state index contributed by atoms with van der Waals surface area (Å²) in [5.74, 6) is -0.950. The van der Waals surface area contributed by atoms with Crippen LogP contribution < -0.4 is 10.9 Å². The Morgan fingerprint density at radius 3 is 2.43 bits per heavy atom. The summed E-state index contributed by atoms with van der Waals surface area (Å²) in [6.07, 6.45) is 0. The molecule has 0 unspecified atom stereocenters. The third-order valence-electron chi connectivity index (χ3n) is 6.11. The summed E-state index contributed by atoms with van der Waals surface area (Å²) < 4.78 is 14.7. The van der Waals surface area contributed by atoms with E-state index in [9.17, 15) is 14.4 Å². The topological polar surface area (TPSA) is 100 Å². The van der Waals surface area contributed by atoms with E-state index in [4.69, 9.17) is 4.74 Å². The van der Waals surface area contributed by atoms with Crippen molar-refractivity contribution in [2.24, 2.45) is 7.05 Å². The predicted octanol–water partition coefficient (Wildman–Crippen LogP) is 3.74. The van der Waals surface area contributed by atoms with Gasteiger partial charge in [0.1, 0.15) is 16.3 Å². The van der Waals surface area contributed by atoms with Gasteiger partial charge >= 0.3 is 5.97 Å². The maximum atomic E-state index is 13.5. The number of nitrogens with one attached hydrogen (secondary N) is 1. The average Bonchev–Trinajstić information content (AvgIpc) is 3.43. The highest BCUT2D eigenvalue weighted by Gasteiger charge is 2.25. The molecule has 3 heterocycles. The Labute approximate surface area is 206 Å². The summed E-state index contributed by atoms with van der Waals surface area (Å²) in [4.78, 5) is 39.1. The molecule has 0 amide bonds. The number of ether oxygens (including phenoxy) is 1. The third kappa shape index (κ3) is 4.10. The lowest BCUT2D eigenvalue weighted by atomic mass is 10.1. The van der Waals surface area contributed by atoms with Gasteiger partial charge in [0.25, 0.3) is 5.56 Å². The van der Waals surface area contributed by atoms with Crippen molar-refractivity contribution in [3.63, 3.8) is 0 Å². The summed E-state index contributed by atoms with van der Waals surface area (Å²) in [6, 6.07) is 11.1. The summed E-state index contributed by atoms with van der Waals surface area (Å²) in [7, 11) is 3.52. The van der Waals surface area contributed by atoms with E-state index in [0.717, 1.165) is 28.6 Å². The number of hydrogen-bond acceptors (Lipinski definition) is 7. The highest BCUT2D eigenvalue weighted by atomic mass is 32.1. The van der Waals surface area contributed by atoms with E-state index in [2.05, 4.69) is 9.69 Å². The minimum atomic E-state index is -0.604. The average molecular weight is 494 g/mol. The van der Waals surface area contributed by atoms with E-state index < -0.39 is 12.6 Å². The maximum Gasteiger partial charge on any atom is 0.343 e. The van der Waals surface area contributed by atoms with Crippen LogP contribution in [0.2, 0.25) is 0 Å². The Kier molecular flexibility index (Phi) is 6.49. The van der Waals surface area contributed by atoms with Crippen LogP contribution in [0.1, 0.15) is 43.5 Å². The molecule has 0 saturated heterocycles. The van der Waals surface area contributed by atoms with Crippen LogP contribution in [0.4, 0.5) is 5.00 Å². The van der Waals surface area contributed by atoms with E-state index >= 15 is 0 Å². The lowest BCUT2D eigenvalue weighted by molar-refractivity contribution is 0.0475. The van der Waals surface area contributed by atoms with Gasteiger partial charge in [0.05, 0.1) is 17.1 Å². The Bertz CT molecular complexity index is 1490. The number of hydrogen-bond donors (Lipinski definition) is 1. The number of rotatable bonds is 7. The fourth-order valence-corrected chi connectivity index (χ4v) is 5.00. The molecule has 0 spiro atoms. The van der Waals surface area contributed by atoms with E-state index in [1.54, 1.807) is 40.9 Å². The van der Waals surface area contributed by atoms with Gasteiger partial charge in [-0.3, -0.25) is 14.3 Å². The number of ketones is 1. The Morgan fingerprint density at radius 1 is 1.09 bits per heavy atom. The van der Waals surface area contributed by atoms with Crippen molar-refractivity contribution in [1.82, 2.24) is 18.3 Å². The molecule has 0 aliphatic rings. The van der Waals surface area contributed by atoms with Crippen LogP contribution in [0.3, 0.4) is 0 Å². The number of para-hydroxylation sites is 1. The largest absolute Gasteiger partial charge is 0.454 e. The molecule has 4 aromatic rings. The van der Waals surface area contributed by atoms with Crippen LogP contribution >= 0.6 is 11.5 Å². The van der Waals surface area contributed by atoms with Crippen molar-refractivity contribution in [3.05, 3.63) is 80.7 Å². The molecule has 9 nitrogen and oxygen atoms in total. The molecule has 1 aromatic carbocycles. The van der Waals surface area contributed by atoms with Crippen molar-refractivity contribution in [1.29, 1.82) is 0 Å². The Morgan fingerprint density at radius 2 is 1.77 bits per heavy atom. The summed E-state index contributed by atoms with van der Waals surface area (Å²) in [6.45, 7) is 6.80. The van der Waals surface area contributed by atoms with Gasteiger partial charge in [0.2, 0.25) is 5.78 Å². The molecule has 4 rings (SSSR count). The zero-order valence-electron chi connectivity index (χ0n) is 20.5. The number of nitrogens with zero attached hydrogens (tertiary/aromatic N) is 4. The quantitative estimate of drug-likeness (QED) is 0.311. The molecule has 0 bridgehead atoms. The van der Waals surface area contributed by atoms with Gasteiger partial charge in [-0.2, -0.15) is 4.37 Å². The summed E-state index contributed by atoms with van der Waals surface area (Å²) >= 11 is 1.16. The van der Waals surface area contributed by atoms with Crippen LogP contribution in [0.15, 0.2) is 41.2 Å². The van der Waals surface area contributed by atoms with Crippen molar-refractivity contribution >= 4 is 28.3 Å². The number of Topliss-reactive ketones (excluding diaryl/α,β-unsaturated/α-hetero) is 1. The molecular weight excluding hydrogens is 466 g/mol. The lowest BCUT2D eigenvalue weighted by Crippen LogP contribution is -2.22. The first-order valence-corrected chi connectivity index (χ1v) is 11.8. The second-order valence-corrected chi connectivity index (χ2v) is 9.03. The van der Waals surface area contributed by atoms with Gasteiger partial charge in [-0.05, 0) is 57.4 Å². The smallest absolute Gasteiger partial charge is 0.343 e. The SMILES string of the molecule is CNc1snc(C)c1C(=O)OCC(=O)c1cc(C)n(-c2c(C)n(C)n(-c3ccccc3)c2=O)c1C. The number of anilines is 1. The first-order chi connectivity index (χ1) is 16.7.